The van der Waals surface area contributed by atoms with Crippen LogP contribution in [0.4, 0.5) is 0 Å². The Kier molecular flexibility index (Phi) is 20.6. The van der Waals surface area contributed by atoms with Crippen LogP contribution in [0.3, 0.4) is 0 Å². The highest BCUT2D eigenvalue weighted by molar-refractivity contribution is 6.10. The third kappa shape index (κ3) is 15.2. The van der Waals surface area contributed by atoms with Gasteiger partial charge in [-0.1, -0.05) is 388 Å². The Morgan fingerprint density at radius 2 is 0.433 bits per heavy atom. The number of hydrogen-bond donors (Lipinski definition) is 0. The summed E-state index contributed by atoms with van der Waals surface area (Å²) in [5.74, 6) is 0. The summed E-state index contributed by atoms with van der Waals surface area (Å²) >= 11 is 0. The van der Waals surface area contributed by atoms with E-state index in [0.717, 1.165) is 155 Å². The van der Waals surface area contributed by atoms with Gasteiger partial charge in [-0.15, -0.1) is 0 Å². The summed E-state index contributed by atoms with van der Waals surface area (Å²) in [5.41, 5.74) is 32.0. The summed E-state index contributed by atoms with van der Waals surface area (Å²) in [7, 11) is 0. The molecule has 0 aliphatic carbocycles. The minimum atomic E-state index is 0.967. The number of pyridine rings is 6. The number of aromatic nitrogens is 6. The maximum Gasteiger partial charge on any atom is 0.0780 e. The number of rotatable bonds is 12. The van der Waals surface area contributed by atoms with E-state index in [4.69, 9.17) is 24.9 Å². The minimum absolute atomic E-state index is 0.967. The Labute approximate surface area is 775 Å². The molecule has 0 saturated carbocycles. The van der Waals surface area contributed by atoms with Crippen molar-refractivity contribution in [3.8, 4) is 134 Å². The largest absolute Gasteiger partial charge is 0.264 e. The maximum absolute atomic E-state index is 5.29. The molecular formula is C128H82N6. The number of fused-ring (bicyclic) bond motifs is 11. The van der Waals surface area contributed by atoms with Crippen LogP contribution < -0.4 is 0 Å². The fraction of sp³-hybridized carbons (Fsp3) is 0. The smallest absolute Gasteiger partial charge is 0.0780 e. The van der Waals surface area contributed by atoms with Crippen molar-refractivity contribution in [2.24, 2.45) is 0 Å². The Hall–Kier alpha value is -17.8. The van der Waals surface area contributed by atoms with Gasteiger partial charge in [0.1, 0.15) is 0 Å². The van der Waals surface area contributed by atoms with E-state index < -0.39 is 0 Å². The molecule has 0 radical (unpaired) electrons. The summed E-state index contributed by atoms with van der Waals surface area (Å²) in [6.07, 6.45) is 5.61. The standard InChI is InChI=1S/2C44H28N2.C40H26N2/c1-4-14-35-29(9-1)12-7-16-37(35)34-24-26-43-40(27-34)39(28-44(46-43)38-17-8-13-30-10-2-5-15-36(30)38)31-19-21-33(22-20-31)42-25-23-32-11-3-6-18-41(32)45-42;1-3-18-35-29(10-1)12-6-20-37(35)34-23-24-42-41(27-34)40(28-43(46-42)39-22-7-13-30-11-2-4-19-36(30)39)33-16-5-15-32(26-33)38-21-8-14-31-17-9-25-45-44(31)38;1-3-16-33-27(9-1)11-6-18-35(33)31-20-21-39-38(24-31)37(30-14-5-13-29(23-30)32-15-8-22-41-26-32)25-40(42-39)36-19-7-12-28-10-2-4-17-34(28)36/h2*1-28H;1-26H. The normalized spacial score (nSPS) is 11.4. The molecule has 6 nitrogen and oxygen atoms in total. The highest BCUT2D eigenvalue weighted by atomic mass is 14.7. The van der Waals surface area contributed by atoms with Crippen LogP contribution in [-0.4, -0.2) is 29.9 Å². The summed E-state index contributed by atoms with van der Waals surface area (Å²) in [5, 5.41) is 20.4. The number of hydrogen-bond acceptors (Lipinski definition) is 6. The highest BCUT2D eigenvalue weighted by Gasteiger charge is 2.21. The molecule has 0 saturated heterocycles. The number of para-hydroxylation sites is 2. The van der Waals surface area contributed by atoms with Crippen LogP contribution in [0.1, 0.15) is 0 Å². The van der Waals surface area contributed by atoms with Gasteiger partial charge < -0.3 is 0 Å². The highest BCUT2D eigenvalue weighted by Crippen LogP contribution is 2.45. The maximum atomic E-state index is 5.29. The van der Waals surface area contributed by atoms with Crippen LogP contribution in [0.2, 0.25) is 0 Å². The number of benzene rings is 20. The first-order valence-electron chi connectivity index (χ1n) is 45.6. The van der Waals surface area contributed by atoms with Gasteiger partial charge in [0.25, 0.3) is 0 Å². The zero-order valence-electron chi connectivity index (χ0n) is 73.0. The molecule has 0 unspecified atom stereocenters. The summed E-state index contributed by atoms with van der Waals surface area (Å²) in [4.78, 5) is 29.9. The third-order valence-corrected chi connectivity index (χ3v) is 26.3. The predicted molar refractivity (Wildman–Crippen MR) is 564 cm³/mol. The molecular weight excluding hydrogens is 1620 g/mol. The predicted octanol–water partition coefficient (Wildman–Crippen LogP) is 34.1. The van der Waals surface area contributed by atoms with E-state index in [1.165, 1.54) is 98.0 Å². The van der Waals surface area contributed by atoms with E-state index in [0.29, 0.717) is 0 Å². The van der Waals surface area contributed by atoms with Crippen molar-refractivity contribution in [2.75, 3.05) is 0 Å². The van der Waals surface area contributed by atoms with Crippen molar-refractivity contribution >= 4 is 119 Å². The van der Waals surface area contributed by atoms with E-state index in [9.17, 15) is 0 Å². The van der Waals surface area contributed by atoms with E-state index in [1.54, 1.807) is 0 Å². The molecule has 0 fully saturated rings. The summed E-state index contributed by atoms with van der Waals surface area (Å²) in [6.45, 7) is 0. The molecule has 26 aromatic rings. The molecule has 0 bridgehead atoms. The van der Waals surface area contributed by atoms with Gasteiger partial charge in [0.05, 0.1) is 50.4 Å². The van der Waals surface area contributed by atoms with E-state index in [1.807, 2.05) is 36.8 Å². The first-order chi connectivity index (χ1) is 66.4. The van der Waals surface area contributed by atoms with Crippen LogP contribution in [-0.2, 0) is 0 Å². The average Bonchev–Trinajstić information content (AvgIpc) is 0.759. The van der Waals surface area contributed by atoms with Crippen molar-refractivity contribution < 1.29 is 0 Å². The van der Waals surface area contributed by atoms with Gasteiger partial charge in [0.2, 0.25) is 0 Å². The van der Waals surface area contributed by atoms with E-state index in [-0.39, 0.29) is 0 Å². The van der Waals surface area contributed by atoms with Gasteiger partial charge in [0.15, 0.2) is 0 Å². The van der Waals surface area contributed by atoms with Gasteiger partial charge in [-0.2, -0.15) is 0 Å². The van der Waals surface area contributed by atoms with Crippen molar-refractivity contribution in [3.63, 3.8) is 0 Å². The van der Waals surface area contributed by atoms with Crippen LogP contribution >= 0.6 is 0 Å². The van der Waals surface area contributed by atoms with Crippen LogP contribution in [0, 0.1) is 0 Å². The van der Waals surface area contributed by atoms with Gasteiger partial charge in [-0.25, -0.2) is 19.9 Å². The van der Waals surface area contributed by atoms with Crippen LogP contribution in [0.5, 0.6) is 0 Å². The Morgan fingerprint density at radius 1 is 0.134 bits per heavy atom. The van der Waals surface area contributed by atoms with E-state index >= 15 is 0 Å². The molecule has 20 aromatic carbocycles. The Morgan fingerprint density at radius 3 is 0.866 bits per heavy atom. The molecule has 6 aromatic heterocycles. The SMILES string of the molecule is c1cc(-c2cc(-c3cccc4ccccc34)nc3ccc(-c4cccc5ccccc45)cc23)cc(-c2cccc3cccnc23)c1.c1ccc2nc(-c3ccc(-c4cc(-c5cccc6ccccc56)nc5ccc(-c6cccc7ccccc67)cc45)cc3)ccc2c1.c1cncc(-c2cccc(-c3cc(-c4cccc5ccccc45)nc4ccc(-c5cccc6ccccc56)cc34)c2)c1. The van der Waals surface area contributed by atoms with Gasteiger partial charge >= 0.3 is 0 Å². The van der Waals surface area contributed by atoms with Crippen molar-refractivity contribution in [3.05, 3.63) is 498 Å². The lowest BCUT2D eigenvalue weighted by molar-refractivity contribution is 1.33. The second kappa shape index (κ2) is 34.6. The van der Waals surface area contributed by atoms with Crippen LogP contribution in [0.15, 0.2) is 498 Å². The van der Waals surface area contributed by atoms with Gasteiger partial charge in [-0.05, 0) is 234 Å². The van der Waals surface area contributed by atoms with Crippen molar-refractivity contribution in [2.45, 2.75) is 0 Å². The Balaban J connectivity index is 0.000000111. The Bertz CT molecular complexity index is 9060. The molecule has 6 heterocycles. The monoisotopic (exact) mass is 1700 g/mol. The van der Waals surface area contributed by atoms with Crippen molar-refractivity contribution in [1.29, 1.82) is 0 Å². The summed E-state index contributed by atoms with van der Waals surface area (Å²) in [6, 6.07) is 171. The molecule has 0 aliphatic rings. The zero-order valence-corrected chi connectivity index (χ0v) is 73.0. The molecule has 624 valence electrons. The molecule has 0 amide bonds. The fourth-order valence-corrected chi connectivity index (χ4v) is 19.7. The molecule has 0 spiro atoms. The van der Waals surface area contributed by atoms with Gasteiger partial charge in [0, 0.05) is 78.9 Å². The quantitative estimate of drug-likeness (QED) is 0.121. The molecule has 26 rings (SSSR count). The average molecular weight is 1700 g/mol. The lowest BCUT2D eigenvalue weighted by Gasteiger charge is -2.15. The van der Waals surface area contributed by atoms with Crippen LogP contribution in [0.25, 0.3) is 253 Å². The molecule has 6 heteroatoms. The molecule has 0 N–H and O–H groups in total. The first-order valence-corrected chi connectivity index (χ1v) is 45.6. The second-order valence-electron chi connectivity index (χ2n) is 34.3. The molecule has 134 heavy (non-hydrogen) atoms. The fourth-order valence-electron chi connectivity index (χ4n) is 19.7. The molecule has 0 aliphatic heterocycles. The number of nitrogens with zero attached hydrogens (tertiary/aromatic N) is 6. The molecule has 0 atom stereocenters. The summed E-state index contributed by atoms with van der Waals surface area (Å²) < 4.78 is 0. The lowest BCUT2D eigenvalue weighted by Crippen LogP contribution is -1.93. The van der Waals surface area contributed by atoms with E-state index in [2.05, 4.69) is 466 Å². The zero-order chi connectivity index (χ0) is 88.8. The first kappa shape index (κ1) is 79.5. The topological polar surface area (TPSA) is 77.3 Å². The third-order valence-electron chi connectivity index (χ3n) is 26.3. The minimum Gasteiger partial charge on any atom is -0.264 e. The second-order valence-corrected chi connectivity index (χ2v) is 34.3. The van der Waals surface area contributed by atoms with Crippen molar-refractivity contribution in [1.82, 2.24) is 29.9 Å². The van der Waals surface area contributed by atoms with Gasteiger partial charge in [-0.3, -0.25) is 9.97 Å². The lowest BCUT2D eigenvalue weighted by atomic mass is 9.91.